The second-order valence-electron chi connectivity index (χ2n) is 5.83. The molecule has 1 aromatic carbocycles. The fourth-order valence-electron chi connectivity index (χ4n) is 3.22. The Kier molecular flexibility index (Phi) is 4.44. The van der Waals surface area contributed by atoms with Gasteiger partial charge in [0, 0.05) is 13.1 Å². The van der Waals surface area contributed by atoms with Crippen LogP contribution in [0.2, 0.25) is 0 Å². The lowest BCUT2D eigenvalue weighted by Crippen LogP contribution is -2.33. The summed E-state index contributed by atoms with van der Waals surface area (Å²) in [6.45, 7) is 4.54. The van der Waals surface area contributed by atoms with Gasteiger partial charge in [0.15, 0.2) is 0 Å². The number of hydrogen-bond donors (Lipinski definition) is 1. The number of nitrogens with zero attached hydrogens (tertiary/aromatic N) is 2. The Morgan fingerprint density at radius 3 is 2.62 bits per heavy atom. The maximum atomic E-state index is 6.13. The van der Waals surface area contributed by atoms with Crippen molar-refractivity contribution in [2.75, 3.05) is 23.7 Å². The first kappa shape index (κ1) is 14.4. The summed E-state index contributed by atoms with van der Waals surface area (Å²) in [7, 11) is 0. The second-order valence-corrected chi connectivity index (χ2v) is 6.58. The minimum absolute atomic E-state index is 0.664. The smallest absolute Gasteiger partial charge is 0.147 e. The highest BCUT2D eigenvalue weighted by atomic mass is 32.1. The van der Waals surface area contributed by atoms with Crippen LogP contribution in [0.5, 0.6) is 0 Å². The van der Waals surface area contributed by atoms with E-state index in [-0.39, 0.29) is 0 Å². The van der Waals surface area contributed by atoms with Crippen molar-refractivity contribution in [1.82, 2.24) is 4.37 Å². The Balaban J connectivity index is 1.81. The molecule has 2 aromatic rings. The maximum absolute atomic E-state index is 6.13. The molecule has 0 saturated carbocycles. The van der Waals surface area contributed by atoms with E-state index in [0.29, 0.717) is 5.82 Å². The number of nitrogens with two attached hydrogens (primary N) is 1. The summed E-state index contributed by atoms with van der Waals surface area (Å²) in [4.78, 5) is 2.47. The molecule has 0 amide bonds. The molecule has 1 aromatic heterocycles. The first-order valence-corrected chi connectivity index (χ1v) is 8.62. The third-order valence-electron chi connectivity index (χ3n) is 4.36. The topological polar surface area (TPSA) is 42.2 Å². The summed E-state index contributed by atoms with van der Waals surface area (Å²) < 4.78 is 4.40. The van der Waals surface area contributed by atoms with E-state index in [1.165, 1.54) is 36.2 Å². The van der Waals surface area contributed by atoms with Crippen molar-refractivity contribution >= 4 is 22.4 Å². The average molecular weight is 301 g/mol. The van der Waals surface area contributed by atoms with Gasteiger partial charge >= 0.3 is 0 Å². The molecule has 21 heavy (non-hydrogen) atoms. The molecule has 3 rings (SSSR count). The van der Waals surface area contributed by atoms with Gasteiger partial charge in [-0.3, -0.25) is 0 Å². The summed E-state index contributed by atoms with van der Waals surface area (Å²) in [5.41, 5.74) is 8.42. The quantitative estimate of drug-likeness (QED) is 0.909. The van der Waals surface area contributed by atoms with Crippen LogP contribution in [0.1, 0.15) is 32.6 Å². The average Bonchev–Trinajstić information content (AvgIpc) is 2.91. The first-order valence-electron chi connectivity index (χ1n) is 7.85. The fraction of sp³-hybridized carbons (Fsp3) is 0.471. The molecule has 0 atom stereocenters. The zero-order valence-electron chi connectivity index (χ0n) is 12.6. The summed E-state index contributed by atoms with van der Waals surface area (Å²) in [6.07, 6.45) is 5.25. The van der Waals surface area contributed by atoms with Gasteiger partial charge in [-0.1, -0.05) is 50.1 Å². The third-order valence-corrected chi connectivity index (χ3v) is 5.28. The van der Waals surface area contributed by atoms with Gasteiger partial charge in [-0.15, -0.1) is 0 Å². The number of piperidine rings is 1. The first-order chi connectivity index (χ1) is 10.3. The normalized spacial score (nSPS) is 16.3. The van der Waals surface area contributed by atoms with Gasteiger partial charge in [-0.05, 0) is 35.9 Å². The van der Waals surface area contributed by atoms with Gasteiger partial charge in [0.05, 0.1) is 5.56 Å². The molecule has 0 spiro atoms. The van der Waals surface area contributed by atoms with Gasteiger partial charge in [-0.2, -0.15) is 4.37 Å². The SMILES string of the molecule is CCCC1CCN(c2snc(N)c2-c2ccccc2)CC1. The molecule has 1 fully saturated rings. The van der Waals surface area contributed by atoms with E-state index in [1.807, 2.05) is 6.07 Å². The molecular formula is C17H23N3S. The number of anilines is 2. The van der Waals surface area contributed by atoms with E-state index in [9.17, 15) is 0 Å². The largest absolute Gasteiger partial charge is 0.382 e. The molecule has 1 saturated heterocycles. The van der Waals surface area contributed by atoms with Crippen LogP contribution in [0.3, 0.4) is 0 Å². The molecule has 1 aliphatic heterocycles. The Morgan fingerprint density at radius 1 is 1.24 bits per heavy atom. The van der Waals surface area contributed by atoms with Crippen LogP contribution in [-0.2, 0) is 0 Å². The van der Waals surface area contributed by atoms with E-state index in [1.54, 1.807) is 11.5 Å². The summed E-state index contributed by atoms with van der Waals surface area (Å²) in [5, 5.41) is 1.24. The molecule has 2 heterocycles. The van der Waals surface area contributed by atoms with Crippen LogP contribution in [0.25, 0.3) is 11.1 Å². The van der Waals surface area contributed by atoms with Crippen molar-refractivity contribution in [2.24, 2.45) is 5.92 Å². The molecule has 3 nitrogen and oxygen atoms in total. The van der Waals surface area contributed by atoms with Crippen LogP contribution in [-0.4, -0.2) is 17.5 Å². The zero-order valence-corrected chi connectivity index (χ0v) is 13.4. The standard InChI is InChI=1S/C17H23N3S/c1-2-6-13-9-11-20(12-10-13)17-15(16(18)19-21-17)14-7-4-3-5-8-14/h3-5,7-8,13H,2,6,9-12H2,1H3,(H2,18,19). The molecule has 112 valence electrons. The summed E-state index contributed by atoms with van der Waals surface area (Å²) in [6, 6.07) is 10.4. The number of hydrogen-bond acceptors (Lipinski definition) is 4. The molecule has 0 bridgehead atoms. The van der Waals surface area contributed by atoms with Crippen LogP contribution >= 0.6 is 11.5 Å². The summed E-state index contributed by atoms with van der Waals surface area (Å²) in [5.74, 6) is 1.56. The minimum atomic E-state index is 0.664. The predicted octanol–water partition coefficient (Wildman–Crippen LogP) is 4.41. The van der Waals surface area contributed by atoms with E-state index in [2.05, 4.69) is 40.5 Å². The maximum Gasteiger partial charge on any atom is 0.147 e. The van der Waals surface area contributed by atoms with Crippen molar-refractivity contribution < 1.29 is 0 Å². The second kappa shape index (κ2) is 6.48. The lowest BCUT2D eigenvalue weighted by molar-refractivity contribution is 0.379. The number of nitrogen functional groups attached to an aromatic ring is 1. The van der Waals surface area contributed by atoms with E-state index >= 15 is 0 Å². The molecule has 4 heteroatoms. The van der Waals surface area contributed by atoms with Gasteiger partial charge in [0.25, 0.3) is 0 Å². The monoisotopic (exact) mass is 301 g/mol. The zero-order chi connectivity index (χ0) is 14.7. The molecule has 1 aliphatic rings. The molecule has 0 aliphatic carbocycles. The third kappa shape index (κ3) is 3.05. The highest BCUT2D eigenvalue weighted by molar-refractivity contribution is 7.11. The Labute approximate surface area is 131 Å². The van der Waals surface area contributed by atoms with Gasteiger partial charge < -0.3 is 10.6 Å². The van der Waals surface area contributed by atoms with Crippen molar-refractivity contribution in [3.8, 4) is 11.1 Å². The Bertz CT molecular complexity index is 571. The van der Waals surface area contributed by atoms with Crippen LogP contribution in [0.4, 0.5) is 10.8 Å². The van der Waals surface area contributed by atoms with E-state index in [0.717, 1.165) is 24.6 Å². The van der Waals surface area contributed by atoms with Crippen LogP contribution in [0, 0.1) is 5.92 Å². The highest BCUT2D eigenvalue weighted by Crippen LogP contribution is 2.40. The van der Waals surface area contributed by atoms with Crippen LogP contribution in [0.15, 0.2) is 30.3 Å². The van der Waals surface area contributed by atoms with Gasteiger partial charge in [0.2, 0.25) is 0 Å². The number of benzene rings is 1. The summed E-state index contributed by atoms with van der Waals surface area (Å²) >= 11 is 1.54. The Hall–Kier alpha value is -1.55. The van der Waals surface area contributed by atoms with E-state index < -0.39 is 0 Å². The number of rotatable bonds is 4. The predicted molar refractivity (Wildman–Crippen MR) is 91.8 cm³/mol. The lowest BCUT2D eigenvalue weighted by Gasteiger charge is -2.33. The molecule has 0 radical (unpaired) electrons. The Morgan fingerprint density at radius 2 is 1.95 bits per heavy atom. The van der Waals surface area contributed by atoms with Crippen molar-refractivity contribution in [1.29, 1.82) is 0 Å². The van der Waals surface area contributed by atoms with Crippen molar-refractivity contribution in [2.45, 2.75) is 32.6 Å². The molecule has 0 unspecified atom stereocenters. The minimum Gasteiger partial charge on any atom is -0.382 e. The number of aromatic nitrogens is 1. The molecular weight excluding hydrogens is 278 g/mol. The van der Waals surface area contributed by atoms with Crippen LogP contribution < -0.4 is 10.6 Å². The van der Waals surface area contributed by atoms with Crippen molar-refractivity contribution in [3.05, 3.63) is 30.3 Å². The van der Waals surface area contributed by atoms with Crippen molar-refractivity contribution in [3.63, 3.8) is 0 Å². The fourth-order valence-corrected chi connectivity index (χ4v) is 4.11. The molecule has 2 N–H and O–H groups in total. The van der Waals surface area contributed by atoms with Gasteiger partial charge in [-0.25, -0.2) is 0 Å². The lowest BCUT2D eigenvalue weighted by atomic mass is 9.92. The van der Waals surface area contributed by atoms with E-state index in [4.69, 9.17) is 5.73 Å². The van der Waals surface area contributed by atoms with Gasteiger partial charge in [0.1, 0.15) is 10.8 Å². The highest BCUT2D eigenvalue weighted by Gasteiger charge is 2.24.